The summed E-state index contributed by atoms with van der Waals surface area (Å²) in [5, 5.41) is 0. The average molecular weight is 494 g/mol. The fourth-order valence-electron chi connectivity index (χ4n) is 1.29. The fourth-order valence-corrected chi connectivity index (χ4v) is 1.29. The van der Waals surface area contributed by atoms with Crippen LogP contribution in [0.25, 0.3) is 0 Å². The largest absolute Gasteiger partial charge is 0.454 e. The van der Waals surface area contributed by atoms with E-state index in [4.69, 9.17) is 0 Å². The van der Waals surface area contributed by atoms with Gasteiger partial charge in [0.1, 0.15) is 13.2 Å². The second kappa shape index (κ2) is 9.35. The van der Waals surface area contributed by atoms with Gasteiger partial charge in [0.05, 0.1) is 0 Å². The molecule has 0 aliphatic carbocycles. The topological polar surface area (TPSA) is 54.0 Å². The van der Waals surface area contributed by atoms with E-state index in [0.717, 1.165) is 0 Å². The Kier molecular flexibility index (Phi) is 8.80. The third-order valence-corrected chi connectivity index (χ3v) is 2.77. The van der Waals surface area contributed by atoms with E-state index < -0.39 is 74.8 Å². The maximum atomic E-state index is 14.0. The van der Waals surface area contributed by atoms with E-state index >= 15 is 0 Å². The van der Waals surface area contributed by atoms with Gasteiger partial charge in [-0.3, -0.25) is 9.47 Å². The van der Waals surface area contributed by atoms with Gasteiger partial charge in [-0.1, -0.05) is 6.58 Å². The smallest absolute Gasteiger partial charge is 0.451 e. The Hall–Kier alpha value is -1.82. The lowest BCUT2D eigenvalue weighted by molar-refractivity contribution is -0.485. The molecule has 0 fully saturated rings. The summed E-state index contributed by atoms with van der Waals surface area (Å²) >= 11 is 0. The van der Waals surface area contributed by atoms with Gasteiger partial charge in [-0.05, 0) is 0 Å². The lowest BCUT2D eigenvalue weighted by Gasteiger charge is -2.36. The SMILES string of the molecule is C=C(F)C(F)(F)OC(C)(F)C(F)(F)OC(F)(COCC(=O)OCC(F)(F)F)C(F)(F)F. The van der Waals surface area contributed by atoms with Crippen LogP contribution in [0.3, 0.4) is 0 Å². The van der Waals surface area contributed by atoms with E-state index in [1.807, 2.05) is 6.58 Å². The first-order valence-corrected chi connectivity index (χ1v) is 7.21. The zero-order valence-electron chi connectivity index (χ0n) is 14.8. The molecule has 0 saturated heterocycles. The van der Waals surface area contributed by atoms with Gasteiger partial charge >= 0.3 is 42.2 Å². The zero-order chi connectivity index (χ0) is 25.1. The Labute approximate surface area is 163 Å². The first-order chi connectivity index (χ1) is 13.5. The van der Waals surface area contributed by atoms with Crippen molar-refractivity contribution in [1.29, 1.82) is 0 Å². The van der Waals surface area contributed by atoms with E-state index in [-0.39, 0.29) is 0 Å². The van der Waals surface area contributed by atoms with E-state index in [0.29, 0.717) is 0 Å². The minimum absolute atomic E-state index is 0.671. The van der Waals surface area contributed by atoms with E-state index in [1.165, 1.54) is 0 Å². The minimum Gasteiger partial charge on any atom is -0.454 e. The van der Waals surface area contributed by atoms with E-state index in [9.17, 15) is 61.9 Å². The molecule has 0 heterocycles. The summed E-state index contributed by atoms with van der Waals surface area (Å²) in [7, 11) is 0. The van der Waals surface area contributed by atoms with Crippen LogP contribution in [0.15, 0.2) is 12.4 Å². The predicted molar refractivity (Wildman–Crippen MR) is 69.6 cm³/mol. The third kappa shape index (κ3) is 8.68. The van der Waals surface area contributed by atoms with Crippen molar-refractivity contribution in [1.82, 2.24) is 0 Å². The molecule has 0 N–H and O–H groups in total. The number of esters is 1. The molecule has 0 amide bonds. The average Bonchev–Trinajstić information content (AvgIpc) is 2.49. The molecule has 0 aliphatic heterocycles. The lowest BCUT2D eigenvalue weighted by atomic mass is 10.2. The molecule has 0 aromatic heterocycles. The van der Waals surface area contributed by atoms with Crippen molar-refractivity contribution in [3.63, 3.8) is 0 Å². The van der Waals surface area contributed by atoms with Gasteiger partial charge in [0, 0.05) is 6.92 Å². The van der Waals surface area contributed by atoms with Crippen LogP contribution in [0.2, 0.25) is 0 Å². The maximum absolute atomic E-state index is 14.0. The Morgan fingerprint density at radius 3 is 1.71 bits per heavy atom. The molecule has 2 unspecified atom stereocenters. The quantitative estimate of drug-likeness (QED) is 0.308. The lowest BCUT2D eigenvalue weighted by Crippen LogP contribution is -2.58. The summed E-state index contributed by atoms with van der Waals surface area (Å²) in [6.07, 6.45) is -23.3. The van der Waals surface area contributed by atoms with Crippen molar-refractivity contribution in [2.45, 2.75) is 43.2 Å². The number of rotatable bonds is 11. The van der Waals surface area contributed by atoms with Crippen LogP contribution in [0.1, 0.15) is 6.92 Å². The standard InChI is InChI=1S/C13H11F13O5/c1-6(14)11(20,21)30-8(2,15)13(25,26)31-9(16,12(22,23)24)4-28-3-7(27)29-5-10(17,18)19/h1,3-5H2,2H3. The second-order valence-corrected chi connectivity index (χ2v) is 5.55. The number of carbonyl (C=O) groups excluding carboxylic acids is 1. The first kappa shape index (κ1) is 29.2. The molecule has 0 saturated carbocycles. The second-order valence-electron chi connectivity index (χ2n) is 5.55. The van der Waals surface area contributed by atoms with Crippen LogP contribution in [0, 0.1) is 0 Å². The number of ether oxygens (including phenoxy) is 4. The van der Waals surface area contributed by atoms with Crippen molar-refractivity contribution in [3.8, 4) is 0 Å². The normalized spacial score (nSPS) is 17.6. The van der Waals surface area contributed by atoms with Crippen molar-refractivity contribution >= 4 is 5.97 Å². The fraction of sp³-hybridized carbons (Fsp3) is 0.769. The number of carbonyl (C=O) groups is 1. The van der Waals surface area contributed by atoms with Crippen LogP contribution in [-0.4, -0.2) is 62.1 Å². The zero-order valence-corrected chi connectivity index (χ0v) is 14.8. The molecule has 31 heavy (non-hydrogen) atoms. The highest BCUT2D eigenvalue weighted by molar-refractivity contribution is 5.70. The van der Waals surface area contributed by atoms with Crippen molar-refractivity contribution < 1.29 is 80.8 Å². The van der Waals surface area contributed by atoms with Gasteiger partial charge in [0.2, 0.25) is 0 Å². The summed E-state index contributed by atoms with van der Waals surface area (Å²) in [6.45, 7) is -5.56. The Morgan fingerprint density at radius 1 is 0.839 bits per heavy atom. The molecule has 0 aromatic carbocycles. The molecule has 0 radical (unpaired) electrons. The van der Waals surface area contributed by atoms with Crippen molar-refractivity contribution in [2.24, 2.45) is 0 Å². The van der Waals surface area contributed by atoms with Crippen molar-refractivity contribution in [2.75, 3.05) is 19.8 Å². The third-order valence-electron chi connectivity index (χ3n) is 2.77. The molecular formula is C13H11F13O5. The molecule has 5 nitrogen and oxygen atoms in total. The van der Waals surface area contributed by atoms with Crippen LogP contribution in [0.5, 0.6) is 0 Å². The molecule has 2 atom stereocenters. The van der Waals surface area contributed by atoms with Gasteiger partial charge in [-0.15, -0.1) is 0 Å². The van der Waals surface area contributed by atoms with Gasteiger partial charge in [0.25, 0.3) is 0 Å². The summed E-state index contributed by atoms with van der Waals surface area (Å²) < 4.78 is 179. The highest BCUT2D eigenvalue weighted by Crippen LogP contribution is 2.46. The molecule has 0 aliphatic rings. The summed E-state index contributed by atoms with van der Waals surface area (Å²) in [6, 6.07) is 0. The van der Waals surface area contributed by atoms with Gasteiger partial charge in [0.15, 0.2) is 12.4 Å². The molecule has 184 valence electrons. The minimum atomic E-state index is -6.51. The number of alkyl halides is 12. The number of halogens is 13. The Balaban J connectivity index is 5.38. The highest BCUT2D eigenvalue weighted by atomic mass is 19.4. The summed E-state index contributed by atoms with van der Waals surface area (Å²) in [5.41, 5.74) is 0. The molecule has 0 rings (SSSR count). The monoisotopic (exact) mass is 494 g/mol. The summed E-state index contributed by atoms with van der Waals surface area (Å²) in [4.78, 5) is 10.8. The van der Waals surface area contributed by atoms with Gasteiger partial charge < -0.3 is 9.47 Å². The predicted octanol–water partition coefficient (Wildman–Crippen LogP) is 4.72. The first-order valence-electron chi connectivity index (χ1n) is 7.21. The van der Waals surface area contributed by atoms with Crippen LogP contribution >= 0.6 is 0 Å². The molecule has 0 bridgehead atoms. The number of hydrogen-bond acceptors (Lipinski definition) is 5. The van der Waals surface area contributed by atoms with Crippen LogP contribution in [-0.2, 0) is 23.7 Å². The molecule has 0 aromatic rings. The van der Waals surface area contributed by atoms with E-state index in [1.54, 1.807) is 0 Å². The summed E-state index contributed by atoms with van der Waals surface area (Å²) in [5.74, 6) is -15.9. The van der Waals surface area contributed by atoms with Gasteiger partial charge in [-0.2, -0.15) is 48.3 Å². The van der Waals surface area contributed by atoms with Crippen molar-refractivity contribution in [3.05, 3.63) is 12.4 Å². The van der Waals surface area contributed by atoms with E-state index in [2.05, 4.69) is 18.9 Å². The highest BCUT2D eigenvalue weighted by Gasteiger charge is 2.69. The van der Waals surface area contributed by atoms with Gasteiger partial charge in [-0.25, -0.2) is 13.6 Å². The van der Waals surface area contributed by atoms with Crippen LogP contribution in [0.4, 0.5) is 57.1 Å². The molecule has 18 heteroatoms. The van der Waals surface area contributed by atoms with Crippen LogP contribution < -0.4 is 0 Å². The maximum Gasteiger partial charge on any atom is 0.451 e. The molecule has 0 spiro atoms. The number of hydrogen-bond donors (Lipinski definition) is 0. The Bertz CT molecular complexity index is 643. The molecular weight excluding hydrogens is 483 g/mol. The Morgan fingerprint density at radius 2 is 1.32 bits per heavy atom.